The third-order valence-electron chi connectivity index (χ3n) is 3.98. The molecule has 0 amide bonds. The van der Waals surface area contributed by atoms with Crippen LogP contribution in [0.3, 0.4) is 0 Å². The Hall–Kier alpha value is -1.28. The Kier molecular flexibility index (Phi) is 5.03. The van der Waals surface area contributed by atoms with Crippen molar-refractivity contribution in [2.45, 2.75) is 45.1 Å². The predicted octanol–water partition coefficient (Wildman–Crippen LogP) is 4.31. The number of ether oxygens (including phenoxy) is 1. The molecule has 1 atom stereocenters. The fourth-order valence-corrected chi connectivity index (χ4v) is 2.81. The zero-order chi connectivity index (χ0) is 13.7. The summed E-state index contributed by atoms with van der Waals surface area (Å²) in [6, 6.07) is 6.19. The van der Waals surface area contributed by atoms with Crippen molar-refractivity contribution < 1.29 is 4.74 Å². The van der Waals surface area contributed by atoms with Crippen molar-refractivity contribution in [2.75, 3.05) is 7.11 Å². The van der Waals surface area contributed by atoms with Crippen LogP contribution >= 0.6 is 0 Å². The first-order valence-corrected chi connectivity index (χ1v) is 7.32. The minimum absolute atomic E-state index is 0.0527. The summed E-state index contributed by atoms with van der Waals surface area (Å²) < 4.78 is 5.31. The molecule has 0 spiro atoms. The normalized spacial score (nSPS) is 18.7. The second-order valence-corrected chi connectivity index (χ2v) is 5.54. The Morgan fingerprint density at radius 3 is 2.63 bits per heavy atom. The first-order chi connectivity index (χ1) is 9.20. The van der Waals surface area contributed by atoms with E-state index in [0.717, 1.165) is 11.7 Å². The quantitative estimate of drug-likeness (QED) is 0.874. The SMILES string of the molecule is COc1ccc([C@H](C)N)c(/C=C/C2CCCCC2)c1. The Bertz CT molecular complexity index is 431. The third-order valence-corrected chi connectivity index (χ3v) is 3.98. The first-order valence-electron chi connectivity index (χ1n) is 7.32. The van der Waals surface area contributed by atoms with Gasteiger partial charge in [-0.3, -0.25) is 0 Å². The van der Waals surface area contributed by atoms with Gasteiger partial charge in [0, 0.05) is 6.04 Å². The van der Waals surface area contributed by atoms with Gasteiger partial charge in [0.25, 0.3) is 0 Å². The highest BCUT2D eigenvalue weighted by atomic mass is 16.5. The fraction of sp³-hybridized carbons (Fsp3) is 0.529. The van der Waals surface area contributed by atoms with Crippen molar-refractivity contribution in [3.63, 3.8) is 0 Å². The van der Waals surface area contributed by atoms with Gasteiger partial charge >= 0.3 is 0 Å². The van der Waals surface area contributed by atoms with Crippen LogP contribution < -0.4 is 10.5 Å². The van der Waals surface area contributed by atoms with Gasteiger partial charge in [0.1, 0.15) is 5.75 Å². The third kappa shape index (κ3) is 3.84. The maximum atomic E-state index is 6.04. The largest absolute Gasteiger partial charge is 0.497 e. The van der Waals surface area contributed by atoms with Crippen LogP contribution in [0, 0.1) is 5.92 Å². The molecule has 0 unspecified atom stereocenters. The van der Waals surface area contributed by atoms with Gasteiger partial charge in [0.15, 0.2) is 0 Å². The van der Waals surface area contributed by atoms with E-state index in [4.69, 9.17) is 10.5 Å². The Morgan fingerprint density at radius 2 is 2.00 bits per heavy atom. The van der Waals surface area contributed by atoms with Crippen LogP contribution in [0.15, 0.2) is 24.3 Å². The predicted molar refractivity (Wildman–Crippen MR) is 81.2 cm³/mol. The molecule has 19 heavy (non-hydrogen) atoms. The molecule has 1 aromatic carbocycles. The van der Waals surface area contributed by atoms with Gasteiger partial charge in [-0.25, -0.2) is 0 Å². The number of nitrogens with two attached hydrogens (primary N) is 1. The second-order valence-electron chi connectivity index (χ2n) is 5.54. The minimum atomic E-state index is 0.0527. The van der Waals surface area contributed by atoms with Gasteiger partial charge in [-0.2, -0.15) is 0 Å². The van der Waals surface area contributed by atoms with E-state index in [1.807, 2.05) is 13.0 Å². The zero-order valence-corrected chi connectivity index (χ0v) is 12.1. The smallest absolute Gasteiger partial charge is 0.119 e. The molecule has 1 aromatic rings. The molecule has 2 rings (SSSR count). The lowest BCUT2D eigenvalue weighted by Crippen LogP contribution is -2.07. The summed E-state index contributed by atoms with van der Waals surface area (Å²) in [5.74, 6) is 1.63. The van der Waals surface area contributed by atoms with E-state index in [-0.39, 0.29) is 6.04 Å². The number of hydrogen-bond acceptors (Lipinski definition) is 2. The van der Waals surface area contributed by atoms with Crippen LogP contribution in [0.2, 0.25) is 0 Å². The molecule has 1 aliphatic rings. The van der Waals surface area contributed by atoms with Crippen molar-refractivity contribution >= 4 is 6.08 Å². The number of rotatable bonds is 4. The molecule has 0 radical (unpaired) electrons. The number of methoxy groups -OCH3 is 1. The molecule has 1 aliphatic carbocycles. The summed E-state index contributed by atoms with van der Waals surface area (Å²) in [4.78, 5) is 0. The van der Waals surface area contributed by atoms with Gasteiger partial charge in [-0.05, 0) is 48.9 Å². The maximum absolute atomic E-state index is 6.04. The monoisotopic (exact) mass is 259 g/mol. The lowest BCUT2D eigenvalue weighted by molar-refractivity contribution is 0.414. The highest BCUT2D eigenvalue weighted by Gasteiger charge is 2.11. The summed E-state index contributed by atoms with van der Waals surface area (Å²) in [7, 11) is 1.70. The lowest BCUT2D eigenvalue weighted by Gasteiger charge is -2.18. The van der Waals surface area contributed by atoms with Crippen molar-refractivity contribution in [3.05, 3.63) is 35.4 Å². The topological polar surface area (TPSA) is 35.2 Å². The molecule has 2 nitrogen and oxygen atoms in total. The van der Waals surface area contributed by atoms with E-state index >= 15 is 0 Å². The van der Waals surface area contributed by atoms with Crippen molar-refractivity contribution in [2.24, 2.45) is 11.7 Å². The van der Waals surface area contributed by atoms with Gasteiger partial charge < -0.3 is 10.5 Å². The zero-order valence-electron chi connectivity index (χ0n) is 12.1. The van der Waals surface area contributed by atoms with Gasteiger partial charge in [0.05, 0.1) is 7.11 Å². The van der Waals surface area contributed by atoms with E-state index < -0.39 is 0 Å². The number of benzene rings is 1. The van der Waals surface area contributed by atoms with Gasteiger partial charge in [-0.15, -0.1) is 0 Å². The van der Waals surface area contributed by atoms with E-state index in [9.17, 15) is 0 Å². The molecular formula is C17H25NO. The highest BCUT2D eigenvalue weighted by molar-refractivity contribution is 5.57. The average molecular weight is 259 g/mol. The van der Waals surface area contributed by atoms with Crippen LogP contribution in [-0.4, -0.2) is 7.11 Å². The van der Waals surface area contributed by atoms with Crippen LogP contribution in [0.4, 0.5) is 0 Å². The van der Waals surface area contributed by atoms with E-state index in [1.165, 1.54) is 43.2 Å². The summed E-state index contributed by atoms with van der Waals surface area (Å²) in [6.45, 7) is 2.03. The summed E-state index contributed by atoms with van der Waals surface area (Å²) in [5, 5.41) is 0. The van der Waals surface area contributed by atoms with Gasteiger partial charge in [0.2, 0.25) is 0 Å². The number of allylic oxidation sites excluding steroid dienone is 1. The first kappa shape index (κ1) is 14.1. The molecule has 2 N–H and O–H groups in total. The van der Waals surface area contributed by atoms with E-state index in [0.29, 0.717) is 0 Å². The molecule has 0 aromatic heterocycles. The lowest BCUT2D eigenvalue weighted by atomic mass is 9.88. The standard InChI is InChI=1S/C17H25NO/c1-13(18)17-11-10-16(19-2)12-15(17)9-8-14-6-4-3-5-7-14/h8-14H,3-7,18H2,1-2H3/b9-8+/t13-/m0/s1. The summed E-state index contributed by atoms with van der Waals surface area (Å²) in [5.41, 5.74) is 8.42. The van der Waals surface area contributed by atoms with Crippen LogP contribution in [0.5, 0.6) is 5.75 Å². The second kappa shape index (κ2) is 6.76. The Balaban J connectivity index is 2.18. The van der Waals surface area contributed by atoms with Crippen LogP contribution in [0.25, 0.3) is 6.08 Å². The molecule has 1 saturated carbocycles. The molecule has 0 aliphatic heterocycles. The average Bonchev–Trinajstić information content (AvgIpc) is 2.45. The molecule has 0 bridgehead atoms. The molecule has 0 saturated heterocycles. The highest BCUT2D eigenvalue weighted by Crippen LogP contribution is 2.27. The van der Waals surface area contributed by atoms with Crippen molar-refractivity contribution in [3.8, 4) is 5.75 Å². The molecule has 2 heteroatoms. The Labute approximate surface area is 116 Å². The molecule has 1 fully saturated rings. The molecular weight excluding hydrogens is 234 g/mol. The fourth-order valence-electron chi connectivity index (χ4n) is 2.81. The van der Waals surface area contributed by atoms with Crippen LogP contribution in [0.1, 0.15) is 56.2 Å². The van der Waals surface area contributed by atoms with E-state index in [1.54, 1.807) is 7.11 Å². The Morgan fingerprint density at radius 1 is 1.26 bits per heavy atom. The van der Waals surface area contributed by atoms with E-state index in [2.05, 4.69) is 24.3 Å². The minimum Gasteiger partial charge on any atom is -0.497 e. The van der Waals surface area contributed by atoms with Gasteiger partial charge in [-0.1, -0.05) is 37.5 Å². The summed E-state index contributed by atoms with van der Waals surface area (Å²) >= 11 is 0. The van der Waals surface area contributed by atoms with Crippen molar-refractivity contribution in [1.29, 1.82) is 0 Å². The maximum Gasteiger partial charge on any atom is 0.119 e. The molecule has 104 valence electrons. The van der Waals surface area contributed by atoms with Crippen LogP contribution in [-0.2, 0) is 0 Å². The summed E-state index contributed by atoms with van der Waals surface area (Å²) in [6.07, 6.45) is 11.4. The van der Waals surface area contributed by atoms with Crippen molar-refractivity contribution in [1.82, 2.24) is 0 Å². The molecule has 0 heterocycles. The number of hydrogen-bond donors (Lipinski definition) is 1.